The van der Waals surface area contributed by atoms with Crippen LogP contribution in [0.1, 0.15) is 31.9 Å². The number of benzene rings is 1. The second-order valence-corrected chi connectivity index (χ2v) is 9.25. The number of hydrogen-bond donors (Lipinski definition) is 0. The number of imidazole rings is 1. The van der Waals surface area contributed by atoms with E-state index in [-0.39, 0.29) is 11.1 Å². The number of pyridine rings is 2. The number of aromatic nitrogens is 4. The Hall–Kier alpha value is -3.21. The molecule has 4 rings (SSSR count). The molecule has 0 saturated carbocycles. The molecule has 0 bridgehead atoms. The molecule has 4 aromatic rings. The van der Waals surface area contributed by atoms with E-state index >= 15 is 0 Å². The van der Waals surface area contributed by atoms with Crippen LogP contribution >= 0.6 is 0 Å². The molecule has 154 valence electrons. The molecule has 0 saturated heterocycles. The van der Waals surface area contributed by atoms with Gasteiger partial charge in [0.1, 0.15) is 0 Å². The van der Waals surface area contributed by atoms with Gasteiger partial charge in [0.2, 0.25) is 0 Å². The molecule has 3 heterocycles. The lowest BCUT2D eigenvalue weighted by Gasteiger charge is -2.18. The van der Waals surface area contributed by atoms with Crippen LogP contribution in [0, 0.1) is 19.3 Å². The van der Waals surface area contributed by atoms with Gasteiger partial charge in [0, 0.05) is 37.1 Å². The summed E-state index contributed by atoms with van der Waals surface area (Å²) in [6.07, 6.45) is 3.71. The fourth-order valence-electron chi connectivity index (χ4n) is 3.88. The van der Waals surface area contributed by atoms with Crippen molar-refractivity contribution >= 4 is 11.2 Å². The summed E-state index contributed by atoms with van der Waals surface area (Å²) in [6.45, 7) is 11.2. The maximum absolute atomic E-state index is 12.8. The number of hydrogen-bond acceptors (Lipinski definition) is 3. The third kappa shape index (κ3) is 3.56. The van der Waals surface area contributed by atoms with E-state index in [0.717, 1.165) is 33.5 Å². The molecule has 0 fully saturated rings. The summed E-state index contributed by atoms with van der Waals surface area (Å²) in [4.78, 5) is 22.0. The van der Waals surface area contributed by atoms with E-state index < -0.39 is 0 Å². The van der Waals surface area contributed by atoms with Crippen LogP contribution in [0.5, 0.6) is 0 Å². The maximum atomic E-state index is 12.8. The monoisotopic (exact) mass is 400 g/mol. The Morgan fingerprint density at radius 2 is 1.70 bits per heavy atom. The van der Waals surface area contributed by atoms with Crippen molar-refractivity contribution in [2.75, 3.05) is 0 Å². The Morgan fingerprint density at radius 3 is 2.40 bits per heavy atom. The van der Waals surface area contributed by atoms with Gasteiger partial charge in [-0.15, -0.1) is 0 Å². The largest absolute Gasteiger partial charge is 0.330 e. The molecule has 0 aliphatic carbocycles. The standard InChI is InChI=1S/C25H28N4O/c1-16-7-8-18(20-14-26-12-11-17(20)2)13-19(16)21-9-10-22-23(27-21)28(6)24(30)29(22)15-25(3,4)5/h7-14H,15H2,1-6H3. The highest BCUT2D eigenvalue weighted by Gasteiger charge is 2.19. The van der Waals surface area contributed by atoms with Crippen molar-refractivity contribution in [2.24, 2.45) is 12.5 Å². The predicted octanol–water partition coefficient (Wildman–Crippen LogP) is 5.13. The first kappa shape index (κ1) is 20.1. The fourth-order valence-corrected chi connectivity index (χ4v) is 3.88. The van der Waals surface area contributed by atoms with Crippen LogP contribution in [0.4, 0.5) is 0 Å². The summed E-state index contributed by atoms with van der Waals surface area (Å²) in [5.41, 5.74) is 8.05. The van der Waals surface area contributed by atoms with Crippen molar-refractivity contribution in [3.8, 4) is 22.4 Å². The van der Waals surface area contributed by atoms with E-state index in [1.54, 1.807) is 11.6 Å². The van der Waals surface area contributed by atoms with Gasteiger partial charge < -0.3 is 0 Å². The summed E-state index contributed by atoms with van der Waals surface area (Å²) >= 11 is 0. The van der Waals surface area contributed by atoms with Crippen molar-refractivity contribution in [2.45, 2.75) is 41.2 Å². The second kappa shape index (κ2) is 7.24. The molecule has 0 spiro atoms. The molecule has 0 amide bonds. The van der Waals surface area contributed by atoms with Crippen molar-refractivity contribution in [3.63, 3.8) is 0 Å². The molecule has 30 heavy (non-hydrogen) atoms. The quantitative estimate of drug-likeness (QED) is 0.479. The van der Waals surface area contributed by atoms with Crippen LogP contribution < -0.4 is 5.69 Å². The lowest BCUT2D eigenvalue weighted by molar-refractivity contribution is 0.342. The molecule has 1 aromatic carbocycles. The van der Waals surface area contributed by atoms with E-state index in [2.05, 4.69) is 57.8 Å². The van der Waals surface area contributed by atoms with E-state index in [1.165, 1.54) is 5.56 Å². The maximum Gasteiger partial charge on any atom is 0.330 e. The Morgan fingerprint density at radius 1 is 0.967 bits per heavy atom. The van der Waals surface area contributed by atoms with Crippen molar-refractivity contribution in [1.29, 1.82) is 0 Å². The van der Waals surface area contributed by atoms with Crippen LogP contribution in [0.3, 0.4) is 0 Å². The zero-order chi connectivity index (χ0) is 21.6. The summed E-state index contributed by atoms with van der Waals surface area (Å²) in [5, 5.41) is 0. The van der Waals surface area contributed by atoms with Gasteiger partial charge in [-0.3, -0.25) is 14.1 Å². The van der Waals surface area contributed by atoms with Crippen LogP contribution in [0.25, 0.3) is 33.5 Å². The fraction of sp³-hybridized carbons (Fsp3) is 0.320. The Bertz CT molecular complexity index is 1310. The van der Waals surface area contributed by atoms with Gasteiger partial charge in [0.25, 0.3) is 0 Å². The molecule has 0 aliphatic heterocycles. The molecular formula is C25H28N4O. The van der Waals surface area contributed by atoms with Crippen molar-refractivity contribution < 1.29 is 0 Å². The van der Waals surface area contributed by atoms with Gasteiger partial charge in [0.15, 0.2) is 5.65 Å². The van der Waals surface area contributed by atoms with E-state index in [4.69, 9.17) is 4.98 Å². The van der Waals surface area contributed by atoms with E-state index in [9.17, 15) is 4.79 Å². The molecule has 0 N–H and O–H groups in total. The molecule has 0 atom stereocenters. The third-order valence-corrected chi connectivity index (χ3v) is 5.48. The second-order valence-electron chi connectivity index (χ2n) is 9.25. The zero-order valence-electron chi connectivity index (χ0n) is 18.5. The highest BCUT2D eigenvalue weighted by molar-refractivity contribution is 5.79. The average Bonchev–Trinajstić information content (AvgIpc) is 2.92. The van der Waals surface area contributed by atoms with Gasteiger partial charge in [-0.05, 0) is 60.2 Å². The molecule has 5 nitrogen and oxygen atoms in total. The average molecular weight is 401 g/mol. The minimum absolute atomic E-state index is 0.00325. The number of nitrogens with zero attached hydrogens (tertiary/aromatic N) is 4. The molecule has 0 radical (unpaired) electrons. The molecular weight excluding hydrogens is 372 g/mol. The number of rotatable bonds is 3. The smallest absolute Gasteiger partial charge is 0.290 e. The van der Waals surface area contributed by atoms with E-state index in [0.29, 0.717) is 12.2 Å². The summed E-state index contributed by atoms with van der Waals surface area (Å²) in [6, 6.07) is 12.5. The topological polar surface area (TPSA) is 52.7 Å². The SMILES string of the molecule is Cc1ccncc1-c1ccc(C)c(-c2ccc3c(n2)n(C)c(=O)n3CC(C)(C)C)c1. The molecule has 0 aliphatic rings. The third-order valence-electron chi connectivity index (χ3n) is 5.48. The molecule has 5 heteroatoms. The molecule has 0 unspecified atom stereocenters. The van der Waals surface area contributed by atoms with Gasteiger partial charge in [0.05, 0.1) is 11.2 Å². The normalized spacial score (nSPS) is 11.9. The first-order valence-corrected chi connectivity index (χ1v) is 10.2. The lowest BCUT2D eigenvalue weighted by Crippen LogP contribution is -2.27. The summed E-state index contributed by atoms with van der Waals surface area (Å²) in [7, 11) is 1.79. The van der Waals surface area contributed by atoms with Crippen molar-refractivity contribution in [1.82, 2.24) is 19.1 Å². The van der Waals surface area contributed by atoms with Crippen LogP contribution in [-0.4, -0.2) is 19.1 Å². The highest BCUT2D eigenvalue weighted by atomic mass is 16.1. The van der Waals surface area contributed by atoms with Crippen LogP contribution in [-0.2, 0) is 13.6 Å². The van der Waals surface area contributed by atoms with Crippen LogP contribution in [0.15, 0.2) is 53.6 Å². The first-order chi connectivity index (χ1) is 14.2. The lowest BCUT2D eigenvalue weighted by atomic mass is 9.96. The molecule has 3 aromatic heterocycles. The highest BCUT2D eigenvalue weighted by Crippen LogP contribution is 2.30. The van der Waals surface area contributed by atoms with Gasteiger partial charge in [-0.25, -0.2) is 9.78 Å². The Labute approximate surface area is 177 Å². The predicted molar refractivity (Wildman–Crippen MR) is 123 cm³/mol. The summed E-state index contributed by atoms with van der Waals surface area (Å²) in [5.74, 6) is 0. The van der Waals surface area contributed by atoms with Crippen LogP contribution in [0.2, 0.25) is 0 Å². The number of aryl methyl sites for hydroxylation is 3. The number of fused-ring (bicyclic) bond motifs is 1. The minimum Gasteiger partial charge on any atom is -0.290 e. The minimum atomic E-state index is -0.0268. The zero-order valence-corrected chi connectivity index (χ0v) is 18.5. The Kier molecular flexibility index (Phi) is 4.85. The Balaban J connectivity index is 1.87. The first-order valence-electron chi connectivity index (χ1n) is 10.2. The van der Waals surface area contributed by atoms with E-state index in [1.807, 2.05) is 35.2 Å². The van der Waals surface area contributed by atoms with Gasteiger partial charge in [-0.1, -0.05) is 32.9 Å². The van der Waals surface area contributed by atoms with Gasteiger partial charge >= 0.3 is 5.69 Å². The van der Waals surface area contributed by atoms with Gasteiger partial charge in [-0.2, -0.15) is 0 Å². The van der Waals surface area contributed by atoms with Crippen molar-refractivity contribution in [3.05, 3.63) is 70.4 Å². The summed E-state index contributed by atoms with van der Waals surface area (Å²) < 4.78 is 3.48.